The van der Waals surface area contributed by atoms with E-state index in [1.54, 1.807) is 13.0 Å². The van der Waals surface area contributed by atoms with Crippen molar-refractivity contribution in [2.45, 2.75) is 18.4 Å². The van der Waals surface area contributed by atoms with E-state index in [1.165, 1.54) is 6.07 Å². The molecule has 0 aliphatic carbocycles. The lowest BCUT2D eigenvalue weighted by Crippen LogP contribution is -2.30. The Labute approximate surface area is 199 Å². The Kier molecular flexibility index (Phi) is 5.61. The standard InChI is InChI=1S/C16H13Cl2F5N6O3S2/c1-8-3-9(32-27-8)7-28(33(2,30)31)15-13(6-24)26-29(16(15)25)14-11(17)4-10(5-12(14)18)34(19,20,21,22)23/h3-5H,7,25H2,1-2H3. The summed E-state index contributed by atoms with van der Waals surface area (Å²) in [5.74, 6) is -0.516. The fourth-order valence-electron chi connectivity index (χ4n) is 2.88. The zero-order valence-electron chi connectivity index (χ0n) is 16.9. The second kappa shape index (κ2) is 7.38. The first kappa shape index (κ1) is 25.9. The van der Waals surface area contributed by atoms with Gasteiger partial charge in [-0.25, -0.2) is 13.1 Å². The van der Waals surface area contributed by atoms with E-state index < -0.39 is 64.6 Å². The van der Waals surface area contributed by atoms with Crippen LogP contribution in [0.25, 0.3) is 5.69 Å². The fourth-order valence-corrected chi connectivity index (χ4v) is 5.21. The van der Waals surface area contributed by atoms with Gasteiger partial charge in [-0.3, -0.25) is 4.31 Å². The first-order chi connectivity index (χ1) is 15.2. The number of aromatic nitrogens is 3. The van der Waals surface area contributed by atoms with Crippen molar-refractivity contribution in [2.75, 3.05) is 16.3 Å². The molecule has 3 rings (SSSR count). The van der Waals surface area contributed by atoms with Crippen LogP contribution in [0.1, 0.15) is 17.1 Å². The highest BCUT2D eigenvalue weighted by Crippen LogP contribution is 3.02. The maximum Gasteiger partial charge on any atom is 0.310 e. The van der Waals surface area contributed by atoms with Gasteiger partial charge in [0, 0.05) is 6.07 Å². The molecule has 0 atom stereocenters. The Morgan fingerprint density at radius 2 is 1.76 bits per heavy atom. The summed E-state index contributed by atoms with van der Waals surface area (Å²) in [6.45, 7) is 1.10. The number of nitrogen functional groups attached to an aromatic ring is 1. The summed E-state index contributed by atoms with van der Waals surface area (Å²) in [5, 5.41) is 15.0. The van der Waals surface area contributed by atoms with Gasteiger partial charge in [-0.05, 0) is 19.1 Å². The summed E-state index contributed by atoms with van der Waals surface area (Å²) >= 11 is 11.6. The van der Waals surface area contributed by atoms with Crippen LogP contribution in [-0.2, 0) is 16.6 Å². The Balaban J connectivity index is 2.25. The predicted molar refractivity (Wildman–Crippen MR) is 116 cm³/mol. The minimum absolute atomic E-state index is 0.0651. The molecule has 0 saturated carbocycles. The summed E-state index contributed by atoms with van der Waals surface area (Å²) in [6, 6.07) is 2.89. The first-order valence-electron chi connectivity index (χ1n) is 8.65. The quantitative estimate of drug-likeness (QED) is 0.386. The van der Waals surface area contributed by atoms with Gasteiger partial charge >= 0.3 is 10.2 Å². The van der Waals surface area contributed by atoms with Crippen LogP contribution in [0.5, 0.6) is 0 Å². The van der Waals surface area contributed by atoms with E-state index in [2.05, 4.69) is 10.3 Å². The van der Waals surface area contributed by atoms with Gasteiger partial charge in [-0.2, -0.15) is 10.4 Å². The SMILES string of the molecule is Cc1cc(CN(c2c(C#N)nn(-c3c(Cl)cc(S(F)(F)(F)(F)F)cc3Cl)c2N)S(C)(=O)=O)on1. The number of aryl methyl sites for hydroxylation is 1. The third-order valence-corrected chi connectivity index (χ3v) is 7.09. The van der Waals surface area contributed by atoms with Crippen molar-refractivity contribution in [3.8, 4) is 11.8 Å². The Morgan fingerprint density at radius 1 is 1.21 bits per heavy atom. The van der Waals surface area contributed by atoms with Crippen molar-refractivity contribution in [2.24, 2.45) is 0 Å². The summed E-state index contributed by atoms with van der Waals surface area (Å²) in [4.78, 5) is -2.36. The van der Waals surface area contributed by atoms with Gasteiger partial charge in [0.05, 0.1) is 28.5 Å². The van der Waals surface area contributed by atoms with Crippen LogP contribution in [0, 0.1) is 18.3 Å². The van der Waals surface area contributed by atoms with Crippen molar-refractivity contribution in [3.63, 3.8) is 0 Å². The third kappa shape index (κ3) is 5.02. The van der Waals surface area contributed by atoms with Crippen molar-refractivity contribution in [1.82, 2.24) is 14.9 Å². The lowest BCUT2D eigenvalue weighted by Gasteiger charge is -2.40. The molecule has 2 aromatic heterocycles. The molecule has 18 heteroatoms. The van der Waals surface area contributed by atoms with Crippen LogP contribution < -0.4 is 10.0 Å². The summed E-state index contributed by atoms with van der Waals surface area (Å²) in [5.41, 5.74) is 4.79. The molecule has 2 N–H and O–H groups in total. The highest BCUT2D eigenvalue weighted by molar-refractivity contribution is 8.45. The number of benzene rings is 1. The molecule has 9 nitrogen and oxygen atoms in total. The number of halogens is 7. The molecule has 1 aromatic carbocycles. The van der Waals surface area contributed by atoms with Gasteiger partial charge in [0.1, 0.15) is 22.3 Å². The zero-order valence-corrected chi connectivity index (χ0v) is 20.1. The molecule has 0 saturated heterocycles. The molecule has 0 radical (unpaired) electrons. The van der Waals surface area contributed by atoms with Crippen molar-refractivity contribution in [1.29, 1.82) is 5.26 Å². The molecule has 186 valence electrons. The normalized spacial score (nSPS) is 14.4. The largest absolute Gasteiger partial charge is 0.382 e. The Hall–Kier alpha value is -2.74. The van der Waals surface area contributed by atoms with Crippen LogP contribution in [-0.4, -0.2) is 29.6 Å². The molecular weight excluding hydrogens is 554 g/mol. The van der Waals surface area contributed by atoms with Crippen molar-refractivity contribution < 1.29 is 32.4 Å². The number of nitrogens with zero attached hydrogens (tertiary/aromatic N) is 5. The lowest BCUT2D eigenvalue weighted by atomic mass is 10.3. The van der Waals surface area contributed by atoms with E-state index in [0.29, 0.717) is 14.7 Å². The molecule has 3 aromatic rings. The first-order valence-corrected chi connectivity index (χ1v) is 13.2. The van der Waals surface area contributed by atoms with Crippen molar-refractivity contribution >= 4 is 55.0 Å². The minimum Gasteiger partial charge on any atom is -0.382 e. The maximum absolute atomic E-state index is 13.2. The van der Waals surface area contributed by atoms with E-state index in [9.17, 15) is 33.1 Å². The number of nitriles is 1. The molecule has 0 aliphatic heterocycles. The van der Waals surface area contributed by atoms with Crippen molar-refractivity contribution in [3.05, 3.63) is 45.4 Å². The number of sulfonamides is 1. The summed E-state index contributed by atoms with van der Waals surface area (Å²) < 4.78 is 97.1. The van der Waals surface area contributed by atoms with Gasteiger partial charge < -0.3 is 10.3 Å². The monoisotopic (exact) mass is 566 g/mol. The second-order valence-corrected chi connectivity index (χ2v) is 12.1. The molecule has 0 unspecified atom stereocenters. The molecule has 2 heterocycles. The van der Waals surface area contributed by atoms with Crippen LogP contribution in [0.3, 0.4) is 0 Å². The topological polar surface area (TPSA) is 131 Å². The molecule has 0 spiro atoms. The van der Waals surface area contributed by atoms with Crippen LogP contribution >= 0.6 is 33.4 Å². The predicted octanol–water partition coefficient (Wildman–Crippen LogP) is 5.55. The van der Waals surface area contributed by atoms with Gasteiger partial charge in [0.2, 0.25) is 10.0 Å². The molecule has 0 aliphatic rings. The highest BCUT2D eigenvalue weighted by Gasteiger charge is 2.65. The number of anilines is 2. The van der Waals surface area contributed by atoms with Gasteiger partial charge in [0.25, 0.3) is 0 Å². The fraction of sp³-hybridized carbons (Fsp3) is 0.188. The minimum atomic E-state index is -10.1. The summed E-state index contributed by atoms with van der Waals surface area (Å²) in [7, 11) is -14.3. The van der Waals surface area contributed by atoms with Gasteiger partial charge in [0.15, 0.2) is 17.3 Å². The smallest absolute Gasteiger partial charge is 0.310 e. The molecular formula is C16H13Cl2F5N6O3S2. The number of hydrogen-bond donors (Lipinski definition) is 1. The van der Waals surface area contributed by atoms with Crippen LogP contribution in [0.4, 0.5) is 30.9 Å². The van der Waals surface area contributed by atoms with Crippen LogP contribution in [0.2, 0.25) is 10.0 Å². The molecule has 0 fully saturated rings. The van der Waals surface area contributed by atoms with E-state index >= 15 is 0 Å². The van der Waals surface area contributed by atoms with E-state index in [-0.39, 0.29) is 17.9 Å². The number of hydrogen-bond acceptors (Lipinski definition) is 7. The van der Waals surface area contributed by atoms with E-state index in [0.717, 1.165) is 6.26 Å². The number of rotatable bonds is 6. The summed E-state index contributed by atoms with van der Waals surface area (Å²) in [6.07, 6.45) is 0.789. The van der Waals surface area contributed by atoms with E-state index in [1.807, 2.05) is 0 Å². The third-order valence-electron chi connectivity index (χ3n) is 4.27. The van der Waals surface area contributed by atoms with Gasteiger partial charge in [-0.1, -0.05) is 47.8 Å². The second-order valence-electron chi connectivity index (χ2n) is 7.01. The zero-order chi connectivity index (χ0) is 25.9. The highest BCUT2D eigenvalue weighted by atomic mass is 35.5. The average Bonchev–Trinajstić information content (AvgIpc) is 3.19. The maximum atomic E-state index is 13.2. The Morgan fingerprint density at radius 3 is 2.18 bits per heavy atom. The molecule has 0 bridgehead atoms. The lowest BCUT2D eigenvalue weighted by molar-refractivity contribution is 0.364. The molecule has 34 heavy (non-hydrogen) atoms. The Bertz CT molecular complexity index is 1440. The number of nitrogens with two attached hydrogens (primary N) is 1. The van der Waals surface area contributed by atoms with Gasteiger partial charge in [-0.15, -0.1) is 0 Å². The average molecular weight is 567 g/mol. The van der Waals surface area contributed by atoms with E-state index in [4.69, 9.17) is 33.5 Å². The molecule has 0 amide bonds. The van der Waals surface area contributed by atoms with Crippen LogP contribution in [0.15, 0.2) is 27.6 Å².